The summed E-state index contributed by atoms with van der Waals surface area (Å²) in [4.78, 5) is 52.5. The number of carbonyl (C=O) groups is 4. The second-order valence-corrected chi connectivity index (χ2v) is 8.44. The van der Waals surface area contributed by atoms with Crippen LogP contribution in [0.5, 0.6) is 0 Å². The molecule has 1 aromatic carbocycles. The molecule has 192 valence electrons. The average Bonchev–Trinajstić information content (AvgIpc) is 2.81. The molecule has 0 saturated carbocycles. The maximum Gasteiger partial charge on any atom is 0.407 e. The molecule has 0 unspecified atom stereocenters. The predicted molar refractivity (Wildman–Crippen MR) is 129 cm³/mol. The van der Waals surface area contributed by atoms with Crippen LogP contribution in [-0.2, 0) is 23.9 Å². The predicted octanol–water partition coefficient (Wildman–Crippen LogP) is 0.0494. The Balaban J connectivity index is 1.86. The number of hydrogen-bond acceptors (Lipinski definition) is 8. The number of anilines is 1. The Bertz CT molecular complexity index is 920. The third-order valence-electron chi connectivity index (χ3n) is 5.11. The molecule has 5 N–H and O–H groups in total. The normalized spacial score (nSPS) is 14.3. The van der Waals surface area contributed by atoms with Crippen molar-refractivity contribution in [2.45, 2.75) is 26.8 Å². The largest absolute Gasteiger partial charge is 0.464 e. The van der Waals surface area contributed by atoms with Crippen molar-refractivity contribution in [1.29, 1.82) is 5.41 Å². The van der Waals surface area contributed by atoms with E-state index in [0.717, 1.165) is 5.69 Å². The minimum atomic E-state index is -1.12. The Morgan fingerprint density at radius 3 is 2.40 bits per heavy atom. The third kappa shape index (κ3) is 8.80. The molecule has 3 amide bonds. The second kappa shape index (κ2) is 13.2. The van der Waals surface area contributed by atoms with Crippen molar-refractivity contribution >= 4 is 35.4 Å². The Kier molecular flexibility index (Phi) is 10.3. The standard InChI is InChI=1S/C23H34N6O6/c1-4-34-22(32)18(27-23(33)35-14-15(2)3)11-26-19(30)12-29-10-9-28(13-20(29)31)17-7-5-16(6-8-17)21(24)25/h5-8,15,18H,4,9-14H2,1-3H3,(H3,24,25)(H,26,30)(H,27,33)/t18-/m0/s1. The summed E-state index contributed by atoms with van der Waals surface area (Å²) >= 11 is 0. The number of esters is 1. The molecule has 0 spiro atoms. The van der Waals surface area contributed by atoms with E-state index in [0.29, 0.717) is 18.7 Å². The SMILES string of the molecule is CCOC(=O)[C@H](CNC(=O)CN1CCN(c2ccc(C(=N)N)cc2)CC1=O)NC(=O)OCC(C)C. The number of nitrogen functional groups attached to an aromatic ring is 1. The zero-order chi connectivity index (χ0) is 26.0. The van der Waals surface area contributed by atoms with Gasteiger partial charge in [-0.3, -0.25) is 15.0 Å². The van der Waals surface area contributed by atoms with Crippen LogP contribution in [-0.4, -0.2) is 86.6 Å². The van der Waals surface area contributed by atoms with Gasteiger partial charge < -0.3 is 35.6 Å². The van der Waals surface area contributed by atoms with Gasteiger partial charge in [0.2, 0.25) is 11.8 Å². The first-order valence-corrected chi connectivity index (χ1v) is 11.4. The molecule has 0 aliphatic carbocycles. The van der Waals surface area contributed by atoms with E-state index in [9.17, 15) is 19.2 Å². The minimum Gasteiger partial charge on any atom is -0.464 e. The lowest BCUT2D eigenvalue weighted by atomic mass is 10.1. The lowest BCUT2D eigenvalue weighted by Gasteiger charge is -2.35. The summed E-state index contributed by atoms with van der Waals surface area (Å²) in [6, 6.07) is 5.90. The zero-order valence-electron chi connectivity index (χ0n) is 20.3. The molecular weight excluding hydrogens is 456 g/mol. The van der Waals surface area contributed by atoms with Gasteiger partial charge >= 0.3 is 12.1 Å². The van der Waals surface area contributed by atoms with Crippen LogP contribution >= 0.6 is 0 Å². The fraction of sp³-hybridized carbons (Fsp3) is 0.522. The van der Waals surface area contributed by atoms with Crippen LogP contribution in [0, 0.1) is 11.3 Å². The molecule has 1 saturated heterocycles. The highest BCUT2D eigenvalue weighted by atomic mass is 16.6. The number of piperazine rings is 1. The van der Waals surface area contributed by atoms with Crippen LogP contribution in [0.15, 0.2) is 24.3 Å². The summed E-state index contributed by atoms with van der Waals surface area (Å²) in [5.74, 6) is -1.30. The lowest BCUT2D eigenvalue weighted by molar-refractivity contribution is -0.145. The maximum atomic E-state index is 12.6. The molecule has 0 radical (unpaired) electrons. The van der Waals surface area contributed by atoms with Gasteiger partial charge in [0.15, 0.2) is 0 Å². The van der Waals surface area contributed by atoms with E-state index in [1.807, 2.05) is 18.7 Å². The molecule has 12 heteroatoms. The fourth-order valence-electron chi connectivity index (χ4n) is 3.26. The lowest BCUT2D eigenvalue weighted by Crippen LogP contribution is -2.54. The van der Waals surface area contributed by atoms with E-state index in [2.05, 4.69) is 10.6 Å². The van der Waals surface area contributed by atoms with Gasteiger partial charge in [-0.1, -0.05) is 13.8 Å². The summed E-state index contributed by atoms with van der Waals surface area (Å²) in [7, 11) is 0. The number of rotatable bonds is 11. The number of nitrogens with two attached hydrogens (primary N) is 1. The number of benzene rings is 1. The molecule has 1 aliphatic rings. The van der Waals surface area contributed by atoms with Crippen LogP contribution < -0.4 is 21.3 Å². The quantitative estimate of drug-likeness (QED) is 0.192. The van der Waals surface area contributed by atoms with E-state index in [1.165, 1.54) is 4.90 Å². The Labute approximate surface area is 204 Å². The first-order valence-electron chi connectivity index (χ1n) is 11.4. The highest BCUT2D eigenvalue weighted by molar-refractivity contribution is 5.95. The van der Waals surface area contributed by atoms with Gasteiger partial charge in [-0.25, -0.2) is 9.59 Å². The van der Waals surface area contributed by atoms with E-state index >= 15 is 0 Å². The number of nitrogens with zero attached hydrogens (tertiary/aromatic N) is 2. The van der Waals surface area contributed by atoms with Gasteiger partial charge in [0.1, 0.15) is 11.9 Å². The molecule has 0 bridgehead atoms. The number of amides is 3. The Morgan fingerprint density at radius 1 is 1.14 bits per heavy atom. The van der Waals surface area contributed by atoms with Gasteiger partial charge in [-0.15, -0.1) is 0 Å². The highest BCUT2D eigenvalue weighted by Gasteiger charge is 2.27. The number of alkyl carbamates (subject to hydrolysis) is 1. The molecule has 12 nitrogen and oxygen atoms in total. The Morgan fingerprint density at radius 2 is 1.83 bits per heavy atom. The van der Waals surface area contributed by atoms with Crippen LogP contribution in [0.2, 0.25) is 0 Å². The monoisotopic (exact) mass is 490 g/mol. The van der Waals surface area contributed by atoms with Gasteiger partial charge in [0, 0.05) is 30.9 Å². The van der Waals surface area contributed by atoms with Crippen molar-refractivity contribution in [3.05, 3.63) is 29.8 Å². The van der Waals surface area contributed by atoms with Gasteiger partial charge in [0.05, 0.1) is 26.3 Å². The Hall–Kier alpha value is -3.83. The molecule has 2 rings (SSSR count). The first-order chi connectivity index (χ1) is 16.6. The molecule has 1 heterocycles. The van der Waals surface area contributed by atoms with Gasteiger partial charge in [0.25, 0.3) is 0 Å². The summed E-state index contributed by atoms with van der Waals surface area (Å²) < 4.78 is 9.98. The van der Waals surface area contributed by atoms with E-state index in [1.54, 1.807) is 31.2 Å². The topological polar surface area (TPSA) is 167 Å². The molecule has 35 heavy (non-hydrogen) atoms. The smallest absolute Gasteiger partial charge is 0.407 e. The van der Waals surface area contributed by atoms with Gasteiger partial charge in [-0.05, 0) is 37.1 Å². The summed E-state index contributed by atoms with van der Waals surface area (Å²) in [5, 5.41) is 12.4. The fourth-order valence-corrected chi connectivity index (χ4v) is 3.26. The van der Waals surface area contributed by atoms with Crippen molar-refractivity contribution in [2.24, 2.45) is 11.7 Å². The van der Waals surface area contributed by atoms with Crippen molar-refractivity contribution in [3.63, 3.8) is 0 Å². The molecular formula is C23H34N6O6. The second-order valence-electron chi connectivity index (χ2n) is 8.44. The molecule has 0 aromatic heterocycles. The van der Waals surface area contributed by atoms with Crippen LogP contribution in [0.3, 0.4) is 0 Å². The maximum absolute atomic E-state index is 12.6. The molecule has 1 aromatic rings. The van der Waals surface area contributed by atoms with Crippen LogP contribution in [0.1, 0.15) is 26.3 Å². The van der Waals surface area contributed by atoms with Crippen molar-refractivity contribution in [1.82, 2.24) is 15.5 Å². The number of amidine groups is 1. The summed E-state index contributed by atoms with van der Waals surface area (Å²) in [6.07, 6.45) is -0.784. The van der Waals surface area contributed by atoms with E-state index in [-0.39, 0.29) is 50.5 Å². The average molecular weight is 491 g/mol. The number of nitrogens with one attached hydrogen (secondary N) is 3. The van der Waals surface area contributed by atoms with Gasteiger partial charge in [-0.2, -0.15) is 0 Å². The van der Waals surface area contributed by atoms with E-state index < -0.39 is 24.0 Å². The third-order valence-corrected chi connectivity index (χ3v) is 5.11. The van der Waals surface area contributed by atoms with Crippen LogP contribution in [0.4, 0.5) is 10.5 Å². The van der Waals surface area contributed by atoms with Crippen LogP contribution in [0.25, 0.3) is 0 Å². The summed E-state index contributed by atoms with van der Waals surface area (Å²) in [6.45, 7) is 6.26. The summed E-state index contributed by atoms with van der Waals surface area (Å²) in [5.41, 5.74) is 6.89. The minimum absolute atomic E-state index is 0.0312. The zero-order valence-corrected chi connectivity index (χ0v) is 20.3. The molecule has 1 fully saturated rings. The molecule has 1 atom stereocenters. The number of ether oxygens (including phenoxy) is 2. The highest BCUT2D eigenvalue weighted by Crippen LogP contribution is 2.17. The van der Waals surface area contributed by atoms with Crippen molar-refractivity contribution in [2.75, 3.05) is 50.8 Å². The number of hydrogen-bond donors (Lipinski definition) is 4. The van der Waals surface area contributed by atoms with Crippen molar-refractivity contribution in [3.8, 4) is 0 Å². The van der Waals surface area contributed by atoms with E-state index in [4.69, 9.17) is 20.6 Å². The van der Waals surface area contributed by atoms with Crippen molar-refractivity contribution < 1.29 is 28.7 Å². The molecule has 1 aliphatic heterocycles. The first kappa shape index (κ1) is 27.4. The number of carbonyl (C=O) groups excluding carboxylic acids is 4.